The van der Waals surface area contributed by atoms with Crippen molar-refractivity contribution in [2.45, 2.75) is 19.9 Å². The third-order valence-electron chi connectivity index (χ3n) is 4.68. The summed E-state index contributed by atoms with van der Waals surface area (Å²) < 4.78 is 0. The highest BCUT2D eigenvalue weighted by Crippen LogP contribution is 2.09. The van der Waals surface area contributed by atoms with Crippen LogP contribution < -0.4 is 5.32 Å². The lowest BCUT2D eigenvalue weighted by atomic mass is 10.1. The molecule has 1 saturated heterocycles. The zero-order valence-corrected chi connectivity index (χ0v) is 14.9. The second kappa shape index (κ2) is 8.67. The van der Waals surface area contributed by atoms with Gasteiger partial charge in [-0.05, 0) is 24.5 Å². The first-order chi connectivity index (χ1) is 12.2. The van der Waals surface area contributed by atoms with Crippen LogP contribution in [0, 0.1) is 6.92 Å². The monoisotopic (exact) mass is 337 g/mol. The summed E-state index contributed by atoms with van der Waals surface area (Å²) in [5, 5.41) is 3.05. The third-order valence-corrected chi connectivity index (χ3v) is 4.68. The summed E-state index contributed by atoms with van der Waals surface area (Å²) >= 11 is 0. The van der Waals surface area contributed by atoms with Crippen LogP contribution in [0.3, 0.4) is 0 Å². The Morgan fingerprint density at radius 1 is 0.960 bits per heavy atom. The van der Waals surface area contributed by atoms with Crippen molar-refractivity contribution in [2.75, 3.05) is 32.7 Å². The van der Waals surface area contributed by atoms with Crippen LogP contribution in [0.2, 0.25) is 0 Å². The molecule has 0 atom stereocenters. The van der Waals surface area contributed by atoms with Crippen molar-refractivity contribution in [1.29, 1.82) is 0 Å². The fraction of sp³-hybridized carbons (Fsp3) is 0.381. The van der Waals surface area contributed by atoms with Crippen molar-refractivity contribution in [3.05, 3.63) is 71.3 Å². The number of amides is 2. The molecule has 2 aromatic rings. The Balaban J connectivity index is 1.38. The number of carbonyl (C=O) groups is 1. The predicted molar refractivity (Wildman–Crippen MR) is 102 cm³/mol. The summed E-state index contributed by atoms with van der Waals surface area (Å²) in [5.74, 6) is 0. The van der Waals surface area contributed by atoms with E-state index in [9.17, 15) is 4.79 Å². The molecule has 1 heterocycles. The minimum Gasteiger partial charge on any atom is -0.338 e. The van der Waals surface area contributed by atoms with Crippen molar-refractivity contribution in [3.8, 4) is 0 Å². The van der Waals surface area contributed by atoms with E-state index in [4.69, 9.17) is 0 Å². The van der Waals surface area contributed by atoms with Gasteiger partial charge in [-0.2, -0.15) is 0 Å². The van der Waals surface area contributed by atoms with Gasteiger partial charge in [-0.1, -0.05) is 60.2 Å². The Hall–Kier alpha value is -2.33. The first kappa shape index (κ1) is 17.5. The molecule has 0 aromatic heterocycles. The molecule has 4 heteroatoms. The van der Waals surface area contributed by atoms with Crippen LogP contribution in [0.1, 0.15) is 16.7 Å². The van der Waals surface area contributed by atoms with Gasteiger partial charge in [-0.15, -0.1) is 0 Å². The summed E-state index contributed by atoms with van der Waals surface area (Å²) in [5.41, 5.74) is 3.87. The highest BCUT2D eigenvalue weighted by Gasteiger charge is 2.20. The number of piperazine rings is 1. The van der Waals surface area contributed by atoms with Crippen LogP contribution in [-0.2, 0) is 13.0 Å². The third kappa shape index (κ3) is 5.33. The molecule has 0 radical (unpaired) electrons. The summed E-state index contributed by atoms with van der Waals surface area (Å²) in [6.45, 7) is 7.19. The average molecular weight is 337 g/mol. The quantitative estimate of drug-likeness (QED) is 0.910. The summed E-state index contributed by atoms with van der Waals surface area (Å²) in [6, 6.07) is 19.0. The molecule has 1 aliphatic heterocycles. The molecule has 1 N–H and O–H groups in total. The highest BCUT2D eigenvalue weighted by molar-refractivity contribution is 5.74. The molecule has 0 bridgehead atoms. The number of hydrogen-bond acceptors (Lipinski definition) is 2. The van der Waals surface area contributed by atoms with E-state index in [2.05, 4.69) is 65.7 Å². The molecule has 0 spiro atoms. The molecule has 2 amide bonds. The van der Waals surface area contributed by atoms with E-state index < -0.39 is 0 Å². The summed E-state index contributed by atoms with van der Waals surface area (Å²) in [7, 11) is 0. The van der Waals surface area contributed by atoms with Crippen molar-refractivity contribution in [3.63, 3.8) is 0 Å². The van der Waals surface area contributed by atoms with Gasteiger partial charge in [0, 0.05) is 39.3 Å². The highest BCUT2D eigenvalue weighted by atomic mass is 16.2. The van der Waals surface area contributed by atoms with Crippen LogP contribution >= 0.6 is 0 Å². The molecule has 0 aliphatic carbocycles. The van der Waals surface area contributed by atoms with Gasteiger partial charge in [0.15, 0.2) is 0 Å². The lowest BCUT2D eigenvalue weighted by molar-refractivity contribution is 0.135. The number of aryl methyl sites for hydroxylation is 1. The number of nitrogens with zero attached hydrogens (tertiary/aromatic N) is 2. The molecule has 25 heavy (non-hydrogen) atoms. The Kier molecular flexibility index (Phi) is 6.07. The van der Waals surface area contributed by atoms with Gasteiger partial charge in [0.1, 0.15) is 0 Å². The minimum atomic E-state index is 0.0621. The van der Waals surface area contributed by atoms with Gasteiger partial charge >= 0.3 is 6.03 Å². The van der Waals surface area contributed by atoms with E-state index in [1.54, 1.807) is 0 Å². The zero-order chi connectivity index (χ0) is 17.5. The number of nitrogens with one attached hydrogen (secondary N) is 1. The van der Waals surface area contributed by atoms with E-state index in [-0.39, 0.29) is 6.03 Å². The van der Waals surface area contributed by atoms with Gasteiger partial charge in [0.05, 0.1) is 0 Å². The van der Waals surface area contributed by atoms with Crippen LogP contribution in [0.25, 0.3) is 0 Å². The molecule has 1 aliphatic rings. The molecule has 132 valence electrons. The van der Waals surface area contributed by atoms with Gasteiger partial charge in [-0.25, -0.2) is 4.79 Å². The number of carbonyl (C=O) groups excluding carboxylic acids is 1. The molecule has 3 rings (SSSR count). The van der Waals surface area contributed by atoms with Gasteiger partial charge < -0.3 is 10.2 Å². The fourth-order valence-corrected chi connectivity index (χ4v) is 3.24. The Labute approximate surface area is 150 Å². The number of hydrogen-bond donors (Lipinski definition) is 1. The lowest BCUT2D eigenvalue weighted by Crippen LogP contribution is -2.51. The van der Waals surface area contributed by atoms with Crippen LogP contribution in [0.15, 0.2) is 54.6 Å². The Morgan fingerprint density at radius 3 is 2.40 bits per heavy atom. The topological polar surface area (TPSA) is 35.6 Å². The van der Waals surface area contributed by atoms with Crippen molar-refractivity contribution >= 4 is 6.03 Å². The molecular weight excluding hydrogens is 310 g/mol. The van der Waals surface area contributed by atoms with E-state index >= 15 is 0 Å². The van der Waals surface area contributed by atoms with E-state index in [1.807, 2.05) is 11.0 Å². The Bertz CT molecular complexity index is 679. The zero-order valence-electron chi connectivity index (χ0n) is 14.9. The van der Waals surface area contributed by atoms with Crippen molar-refractivity contribution in [1.82, 2.24) is 15.1 Å². The van der Waals surface area contributed by atoms with E-state index in [0.29, 0.717) is 6.54 Å². The molecule has 1 fully saturated rings. The number of benzene rings is 2. The molecule has 0 unspecified atom stereocenters. The second-order valence-corrected chi connectivity index (χ2v) is 6.72. The maximum absolute atomic E-state index is 12.3. The van der Waals surface area contributed by atoms with E-state index in [1.165, 1.54) is 16.7 Å². The molecule has 0 saturated carbocycles. The smallest absolute Gasteiger partial charge is 0.317 e. The first-order valence-corrected chi connectivity index (χ1v) is 9.05. The van der Waals surface area contributed by atoms with E-state index in [0.717, 1.165) is 39.1 Å². The first-order valence-electron chi connectivity index (χ1n) is 9.05. The van der Waals surface area contributed by atoms with Gasteiger partial charge in [0.25, 0.3) is 0 Å². The van der Waals surface area contributed by atoms with Crippen molar-refractivity contribution < 1.29 is 4.79 Å². The second-order valence-electron chi connectivity index (χ2n) is 6.72. The molecular formula is C21H27N3O. The standard InChI is InChI=1S/C21H27N3O/c1-18-6-5-9-19(16-18)10-11-22-21(25)24-14-12-23(13-15-24)17-20-7-3-2-4-8-20/h2-9,16H,10-15,17H2,1H3,(H,22,25). The maximum Gasteiger partial charge on any atom is 0.317 e. The summed E-state index contributed by atoms with van der Waals surface area (Å²) in [6.07, 6.45) is 0.876. The molecule has 2 aromatic carbocycles. The number of urea groups is 1. The lowest BCUT2D eigenvalue weighted by Gasteiger charge is -2.34. The minimum absolute atomic E-state index is 0.0621. The summed E-state index contributed by atoms with van der Waals surface area (Å²) in [4.78, 5) is 16.7. The average Bonchev–Trinajstić information content (AvgIpc) is 2.63. The SMILES string of the molecule is Cc1cccc(CCNC(=O)N2CCN(Cc3ccccc3)CC2)c1. The number of rotatable bonds is 5. The fourth-order valence-electron chi connectivity index (χ4n) is 3.24. The Morgan fingerprint density at radius 2 is 1.68 bits per heavy atom. The maximum atomic E-state index is 12.3. The van der Waals surface area contributed by atoms with Crippen LogP contribution in [0.4, 0.5) is 4.79 Å². The largest absolute Gasteiger partial charge is 0.338 e. The predicted octanol–water partition coefficient (Wildman–Crippen LogP) is 3.06. The van der Waals surface area contributed by atoms with Crippen molar-refractivity contribution in [2.24, 2.45) is 0 Å². The van der Waals surface area contributed by atoms with Crippen LogP contribution in [0.5, 0.6) is 0 Å². The van der Waals surface area contributed by atoms with Crippen LogP contribution in [-0.4, -0.2) is 48.6 Å². The normalized spacial score (nSPS) is 15.2. The molecule has 4 nitrogen and oxygen atoms in total. The van der Waals surface area contributed by atoms with Gasteiger partial charge in [0.2, 0.25) is 0 Å². The van der Waals surface area contributed by atoms with Gasteiger partial charge in [-0.3, -0.25) is 4.90 Å².